The minimum atomic E-state index is -0.380. The topological polar surface area (TPSA) is 29.5 Å². The van der Waals surface area contributed by atoms with Gasteiger partial charge in [0.05, 0.1) is 11.7 Å². The fourth-order valence-electron chi connectivity index (χ4n) is 1.62. The third kappa shape index (κ3) is 1.50. The van der Waals surface area contributed by atoms with Crippen molar-refractivity contribution in [2.45, 2.75) is 44.3 Å². The first-order valence-electron chi connectivity index (χ1n) is 3.95. The van der Waals surface area contributed by atoms with E-state index < -0.39 is 0 Å². The lowest BCUT2D eigenvalue weighted by Crippen LogP contribution is -2.47. The van der Waals surface area contributed by atoms with E-state index in [9.17, 15) is 5.11 Å². The van der Waals surface area contributed by atoms with Crippen molar-refractivity contribution in [3.8, 4) is 0 Å². The van der Waals surface area contributed by atoms with E-state index in [1.165, 1.54) is 0 Å². The molecule has 1 saturated carbocycles. The Morgan fingerprint density at radius 2 is 2.20 bits per heavy atom. The van der Waals surface area contributed by atoms with Crippen LogP contribution in [-0.4, -0.2) is 23.9 Å². The molecule has 0 saturated heterocycles. The molecule has 2 heteroatoms. The van der Waals surface area contributed by atoms with Gasteiger partial charge < -0.3 is 9.84 Å². The van der Waals surface area contributed by atoms with E-state index in [4.69, 9.17) is 4.74 Å². The summed E-state index contributed by atoms with van der Waals surface area (Å²) in [6, 6.07) is 0. The molecule has 0 heterocycles. The van der Waals surface area contributed by atoms with Gasteiger partial charge in [-0.15, -0.1) is 0 Å². The van der Waals surface area contributed by atoms with Crippen LogP contribution >= 0.6 is 0 Å². The van der Waals surface area contributed by atoms with Gasteiger partial charge in [0.15, 0.2) is 0 Å². The summed E-state index contributed by atoms with van der Waals surface area (Å²) in [6.45, 7) is 2.10. The highest BCUT2D eigenvalue weighted by Gasteiger charge is 2.41. The zero-order valence-corrected chi connectivity index (χ0v) is 6.76. The highest BCUT2D eigenvalue weighted by Crippen LogP contribution is 2.37. The second-order valence-electron chi connectivity index (χ2n) is 3.24. The smallest absolute Gasteiger partial charge is 0.0697 e. The first-order chi connectivity index (χ1) is 4.70. The van der Waals surface area contributed by atoms with Crippen LogP contribution < -0.4 is 0 Å². The molecule has 0 bridgehead atoms. The summed E-state index contributed by atoms with van der Waals surface area (Å²) in [6.07, 6.45) is 3.96. The second kappa shape index (κ2) is 2.89. The van der Waals surface area contributed by atoms with Crippen LogP contribution in [0.1, 0.15) is 32.6 Å². The second-order valence-corrected chi connectivity index (χ2v) is 3.24. The van der Waals surface area contributed by atoms with E-state index in [0.29, 0.717) is 6.10 Å². The summed E-state index contributed by atoms with van der Waals surface area (Å²) in [5, 5.41) is 9.63. The van der Waals surface area contributed by atoms with E-state index in [0.717, 1.165) is 25.7 Å². The van der Waals surface area contributed by atoms with Crippen molar-refractivity contribution in [3.63, 3.8) is 0 Å². The Bertz CT molecular complexity index is 106. The highest BCUT2D eigenvalue weighted by atomic mass is 16.5. The number of hydrogen-bond acceptors (Lipinski definition) is 2. The van der Waals surface area contributed by atoms with Gasteiger partial charge in [0.25, 0.3) is 0 Å². The molecule has 0 atom stereocenters. The van der Waals surface area contributed by atoms with Crippen LogP contribution in [0.5, 0.6) is 0 Å². The predicted octanol–water partition coefficient (Wildman–Crippen LogP) is 1.33. The van der Waals surface area contributed by atoms with Crippen molar-refractivity contribution in [1.29, 1.82) is 0 Å². The lowest BCUT2D eigenvalue weighted by atomic mass is 9.75. The fraction of sp³-hybridized carbons (Fsp3) is 1.00. The number of rotatable bonds is 3. The molecule has 1 rings (SSSR count). The molecule has 1 N–H and O–H groups in total. The maximum atomic E-state index is 9.63. The van der Waals surface area contributed by atoms with E-state index in [1.807, 2.05) is 0 Å². The van der Waals surface area contributed by atoms with E-state index >= 15 is 0 Å². The fourth-order valence-corrected chi connectivity index (χ4v) is 1.62. The van der Waals surface area contributed by atoms with Crippen molar-refractivity contribution >= 4 is 0 Å². The summed E-state index contributed by atoms with van der Waals surface area (Å²) in [7, 11) is 1.70. The standard InChI is InChI=1S/C8H16O2/c1-3-4-8(9)5-7(6-8)10-2/h7,9H,3-6H2,1-2H3. The van der Waals surface area contributed by atoms with E-state index in [2.05, 4.69) is 6.92 Å². The van der Waals surface area contributed by atoms with Gasteiger partial charge in [0, 0.05) is 20.0 Å². The van der Waals surface area contributed by atoms with Gasteiger partial charge in [0.2, 0.25) is 0 Å². The summed E-state index contributed by atoms with van der Waals surface area (Å²) >= 11 is 0. The largest absolute Gasteiger partial charge is 0.390 e. The van der Waals surface area contributed by atoms with E-state index in [1.54, 1.807) is 7.11 Å². The van der Waals surface area contributed by atoms with Crippen molar-refractivity contribution in [1.82, 2.24) is 0 Å². The Hall–Kier alpha value is -0.0800. The summed E-state index contributed by atoms with van der Waals surface area (Å²) in [5.41, 5.74) is -0.380. The molecule has 2 nitrogen and oxygen atoms in total. The Morgan fingerprint density at radius 1 is 1.60 bits per heavy atom. The molecule has 1 fully saturated rings. The van der Waals surface area contributed by atoms with Crippen molar-refractivity contribution in [2.75, 3.05) is 7.11 Å². The normalized spacial score (nSPS) is 39.3. The van der Waals surface area contributed by atoms with Crippen molar-refractivity contribution in [3.05, 3.63) is 0 Å². The Labute approximate surface area is 62.2 Å². The van der Waals surface area contributed by atoms with Crippen LogP contribution in [0.25, 0.3) is 0 Å². The lowest BCUT2D eigenvalue weighted by Gasteiger charge is -2.42. The number of aliphatic hydroxyl groups is 1. The molecule has 1 aliphatic carbocycles. The molecule has 1 aliphatic rings. The maximum absolute atomic E-state index is 9.63. The molecule has 60 valence electrons. The summed E-state index contributed by atoms with van der Waals surface area (Å²) < 4.78 is 5.07. The van der Waals surface area contributed by atoms with Crippen LogP contribution in [0.4, 0.5) is 0 Å². The van der Waals surface area contributed by atoms with Crippen molar-refractivity contribution in [2.24, 2.45) is 0 Å². The third-order valence-corrected chi connectivity index (χ3v) is 2.26. The zero-order valence-electron chi connectivity index (χ0n) is 6.76. The van der Waals surface area contributed by atoms with Gasteiger partial charge in [-0.1, -0.05) is 13.3 Å². The zero-order chi connectivity index (χ0) is 7.61. The lowest BCUT2D eigenvalue weighted by molar-refractivity contribution is -0.131. The molecule has 0 radical (unpaired) electrons. The SMILES string of the molecule is CCCC1(O)CC(OC)C1. The van der Waals surface area contributed by atoms with Crippen LogP contribution in [-0.2, 0) is 4.74 Å². The van der Waals surface area contributed by atoms with Gasteiger partial charge in [-0.3, -0.25) is 0 Å². The van der Waals surface area contributed by atoms with Crippen molar-refractivity contribution < 1.29 is 9.84 Å². The number of hydrogen-bond donors (Lipinski definition) is 1. The molecular weight excluding hydrogens is 128 g/mol. The molecule has 0 spiro atoms. The molecular formula is C8H16O2. The monoisotopic (exact) mass is 144 g/mol. The Morgan fingerprint density at radius 3 is 2.60 bits per heavy atom. The van der Waals surface area contributed by atoms with Gasteiger partial charge in [-0.05, 0) is 6.42 Å². The van der Waals surface area contributed by atoms with Crippen LogP contribution in [0.15, 0.2) is 0 Å². The van der Waals surface area contributed by atoms with Gasteiger partial charge >= 0.3 is 0 Å². The Kier molecular flexibility index (Phi) is 2.32. The van der Waals surface area contributed by atoms with Crippen LogP contribution in [0, 0.1) is 0 Å². The molecule has 0 unspecified atom stereocenters. The first-order valence-corrected chi connectivity index (χ1v) is 3.95. The van der Waals surface area contributed by atoms with Crippen LogP contribution in [0.2, 0.25) is 0 Å². The molecule has 0 aromatic heterocycles. The van der Waals surface area contributed by atoms with Gasteiger partial charge in [-0.2, -0.15) is 0 Å². The average molecular weight is 144 g/mol. The van der Waals surface area contributed by atoms with Crippen LogP contribution in [0.3, 0.4) is 0 Å². The molecule has 0 aromatic rings. The molecule has 0 amide bonds. The van der Waals surface area contributed by atoms with Gasteiger partial charge in [-0.25, -0.2) is 0 Å². The Balaban J connectivity index is 2.20. The summed E-state index contributed by atoms with van der Waals surface area (Å²) in [5.74, 6) is 0. The maximum Gasteiger partial charge on any atom is 0.0697 e. The minimum Gasteiger partial charge on any atom is -0.390 e. The van der Waals surface area contributed by atoms with Gasteiger partial charge in [0.1, 0.15) is 0 Å². The molecule has 0 aromatic carbocycles. The first kappa shape index (κ1) is 8.02. The quantitative estimate of drug-likeness (QED) is 0.647. The van der Waals surface area contributed by atoms with E-state index in [-0.39, 0.29) is 5.60 Å². The third-order valence-electron chi connectivity index (χ3n) is 2.26. The minimum absolute atomic E-state index is 0.316. The number of ether oxygens (including phenoxy) is 1. The summed E-state index contributed by atoms with van der Waals surface area (Å²) in [4.78, 5) is 0. The predicted molar refractivity (Wildman–Crippen MR) is 39.9 cm³/mol. The average Bonchev–Trinajstić information content (AvgIpc) is 1.83. The molecule has 10 heavy (non-hydrogen) atoms. The highest BCUT2D eigenvalue weighted by molar-refractivity contribution is 4.94. The number of methoxy groups -OCH3 is 1. The molecule has 0 aliphatic heterocycles.